The summed E-state index contributed by atoms with van der Waals surface area (Å²) in [6.07, 6.45) is 0. The molecule has 21 heavy (non-hydrogen) atoms. The molecule has 0 unspecified atom stereocenters. The van der Waals surface area contributed by atoms with Crippen LogP contribution in [-0.2, 0) is 4.79 Å². The summed E-state index contributed by atoms with van der Waals surface area (Å²) < 4.78 is 14.1. The molecule has 0 aliphatic rings. The topological polar surface area (TPSA) is 54.0 Å². The molecule has 0 fully saturated rings. The van der Waals surface area contributed by atoms with Crippen LogP contribution in [0.1, 0.15) is 6.92 Å². The zero-order valence-electron chi connectivity index (χ0n) is 11.2. The van der Waals surface area contributed by atoms with Crippen molar-refractivity contribution in [2.75, 3.05) is 10.6 Å². The first-order valence-electron chi connectivity index (χ1n) is 6.31. The lowest BCUT2D eigenvalue weighted by molar-refractivity contribution is -0.114. The average molecular weight is 301 g/mol. The van der Waals surface area contributed by atoms with E-state index < -0.39 is 0 Å². The molecular formula is C15H12FN3OS. The number of benzene rings is 2. The van der Waals surface area contributed by atoms with Crippen LogP contribution in [0, 0.1) is 5.82 Å². The van der Waals surface area contributed by atoms with Crippen LogP contribution in [0.4, 0.5) is 20.9 Å². The van der Waals surface area contributed by atoms with Crippen molar-refractivity contribution in [3.8, 4) is 0 Å². The number of hydrogen-bond acceptors (Lipinski definition) is 4. The number of nitrogens with zero attached hydrogens (tertiary/aromatic N) is 1. The maximum atomic E-state index is 13.2. The molecule has 2 N–H and O–H groups in total. The zero-order valence-corrected chi connectivity index (χ0v) is 12.0. The minimum Gasteiger partial charge on any atom is -0.331 e. The number of carbonyl (C=O) groups is 1. The van der Waals surface area contributed by atoms with Gasteiger partial charge in [-0.2, -0.15) is 0 Å². The summed E-state index contributed by atoms with van der Waals surface area (Å²) in [5, 5.41) is 6.56. The second-order valence-electron chi connectivity index (χ2n) is 4.52. The Bertz CT molecular complexity index is 816. The number of amides is 1. The van der Waals surface area contributed by atoms with E-state index in [1.54, 1.807) is 12.1 Å². The molecule has 3 aromatic rings. The summed E-state index contributed by atoms with van der Waals surface area (Å²) in [7, 11) is 0. The highest BCUT2D eigenvalue weighted by Gasteiger charge is 2.05. The molecule has 0 aliphatic carbocycles. The first-order valence-corrected chi connectivity index (χ1v) is 7.12. The third-order valence-corrected chi connectivity index (χ3v) is 3.74. The Labute approximate surface area is 124 Å². The van der Waals surface area contributed by atoms with Crippen LogP contribution in [0.25, 0.3) is 10.2 Å². The molecule has 1 amide bonds. The number of aromatic nitrogens is 1. The lowest BCUT2D eigenvalue weighted by Gasteiger charge is -2.06. The fraction of sp³-hybridized carbons (Fsp3) is 0.0667. The van der Waals surface area contributed by atoms with E-state index in [0.29, 0.717) is 16.3 Å². The molecule has 3 rings (SSSR count). The number of thiazole rings is 1. The minimum absolute atomic E-state index is 0.123. The molecule has 0 aliphatic heterocycles. The standard InChI is InChI=1S/C15H12FN3OS/c1-9(20)17-11-3-2-4-12(8-11)18-15-19-13-7-10(16)5-6-14(13)21-15/h2-8H,1H3,(H,17,20)(H,18,19). The molecule has 0 bridgehead atoms. The first-order chi connectivity index (χ1) is 10.1. The maximum absolute atomic E-state index is 13.2. The van der Waals surface area contributed by atoms with Crippen molar-refractivity contribution < 1.29 is 9.18 Å². The number of rotatable bonds is 3. The minimum atomic E-state index is -0.299. The quantitative estimate of drug-likeness (QED) is 0.764. The summed E-state index contributed by atoms with van der Waals surface area (Å²) in [5.74, 6) is -0.422. The van der Waals surface area contributed by atoms with E-state index in [9.17, 15) is 9.18 Å². The fourth-order valence-corrected chi connectivity index (χ4v) is 2.82. The molecule has 2 aromatic carbocycles. The van der Waals surface area contributed by atoms with Gasteiger partial charge in [-0.05, 0) is 30.3 Å². The van der Waals surface area contributed by atoms with E-state index >= 15 is 0 Å². The van der Waals surface area contributed by atoms with Crippen LogP contribution in [0.3, 0.4) is 0 Å². The molecule has 0 radical (unpaired) electrons. The third-order valence-electron chi connectivity index (χ3n) is 2.78. The van der Waals surface area contributed by atoms with Crippen molar-refractivity contribution in [2.45, 2.75) is 6.92 Å². The van der Waals surface area contributed by atoms with E-state index in [4.69, 9.17) is 0 Å². The molecule has 1 heterocycles. The molecule has 0 atom stereocenters. The summed E-state index contributed by atoms with van der Waals surface area (Å²) in [4.78, 5) is 15.4. The number of nitrogens with one attached hydrogen (secondary N) is 2. The van der Waals surface area contributed by atoms with Gasteiger partial charge in [-0.1, -0.05) is 17.4 Å². The van der Waals surface area contributed by atoms with Crippen LogP contribution in [0.15, 0.2) is 42.5 Å². The van der Waals surface area contributed by atoms with Gasteiger partial charge in [-0.15, -0.1) is 0 Å². The second kappa shape index (κ2) is 5.49. The van der Waals surface area contributed by atoms with E-state index in [1.165, 1.54) is 30.4 Å². The van der Waals surface area contributed by atoms with Gasteiger partial charge in [-0.25, -0.2) is 9.37 Å². The van der Waals surface area contributed by atoms with E-state index in [2.05, 4.69) is 15.6 Å². The maximum Gasteiger partial charge on any atom is 0.221 e. The zero-order chi connectivity index (χ0) is 14.8. The van der Waals surface area contributed by atoms with E-state index in [0.717, 1.165) is 10.4 Å². The van der Waals surface area contributed by atoms with Crippen molar-refractivity contribution in [1.82, 2.24) is 4.98 Å². The molecule has 4 nitrogen and oxygen atoms in total. The van der Waals surface area contributed by atoms with Gasteiger partial charge in [0.2, 0.25) is 5.91 Å². The van der Waals surface area contributed by atoms with Crippen molar-refractivity contribution in [3.63, 3.8) is 0 Å². The van der Waals surface area contributed by atoms with Gasteiger partial charge in [0.1, 0.15) is 5.82 Å². The van der Waals surface area contributed by atoms with Crippen molar-refractivity contribution in [2.24, 2.45) is 0 Å². The van der Waals surface area contributed by atoms with Crippen LogP contribution < -0.4 is 10.6 Å². The molecule has 6 heteroatoms. The van der Waals surface area contributed by atoms with Crippen molar-refractivity contribution in [1.29, 1.82) is 0 Å². The van der Waals surface area contributed by atoms with Gasteiger partial charge < -0.3 is 10.6 Å². The van der Waals surface area contributed by atoms with Crippen LogP contribution in [0.2, 0.25) is 0 Å². The Morgan fingerprint density at radius 3 is 2.81 bits per heavy atom. The largest absolute Gasteiger partial charge is 0.331 e. The predicted octanol–water partition coefficient (Wildman–Crippen LogP) is 4.14. The number of fused-ring (bicyclic) bond motifs is 1. The molecule has 1 aromatic heterocycles. The fourth-order valence-electron chi connectivity index (χ4n) is 1.96. The Morgan fingerprint density at radius 1 is 1.19 bits per heavy atom. The molecule has 106 valence electrons. The second-order valence-corrected chi connectivity index (χ2v) is 5.55. The van der Waals surface area contributed by atoms with E-state index in [1.807, 2.05) is 18.2 Å². The predicted molar refractivity (Wildman–Crippen MR) is 83.6 cm³/mol. The number of anilines is 3. The van der Waals surface area contributed by atoms with Gasteiger partial charge in [0.15, 0.2) is 5.13 Å². The van der Waals surface area contributed by atoms with E-state index in [-0.39, 0.29) is 11.7 Å². The summed E-state index contributed by atoms with van der Waals surface area (Å²) in [5.41, 5.74) is 2.14. The van der Waals surface area contributed by atoms with Crippen LogP contribution in [0.5, 0.6) is 0 Å². The smallest absolute Gasteiger partial charge is 0.221 e. The summed E-state index contributed by atoms with van der Waals surface area (Å²) in [6.45, 7) is 1.46. The molecule has 0 saturated heterocycles. The SMILES string of the molecule is CC(=O)Nc1cccc(Nc2nc3cc(F)ccc3s2)c1. The number of halogens is 1. The normalized spacial score (nSPS) is 10.6. The average Bonchev–Trinajstić information content (AvgIpc) is 2.79. The Hall–Kier alpha value is -2.47. The van der Waals surface area contributed by atoms with Gasteiger partial charge in [-0.3, -0.25) is 4.79 Å². The summed E-state index contributed by atoms with van der Waals surface area (Å²) >= 11 is 1.44. The van der Waals surface area contributed by atoms with Crippen LogP contribution in [-0.4, -0.2) is 10.9 Å². The number of carbonyl (C=O) groups excluding carboxylic acids is 1. The van der Waals surface area contributed by atoms with Crippen molar-refractivity contribution >= 4 is 44.0 Å². The van der Waals surface area contributed by atoms with Gasteiger partial charge >= 0.3 is 0 Å². The van der Waals surface area contributed by atoms with Crippen molar-refractivity contribution in [3.05, 3.63) is 48.3 Å². The lowest BCUT2D eigenvalue weighted by atomic mass is 10.3. The number of hydrogen-bond donors (Lipinski definition) is 2. The third kappa shape index (κ3) is 3.17. The molecular weight excluding hydrogens is 289 g/mol. The highest BCUT2D eigenvalue weighted by molar-refractivity contribution is 7.22. The van der Waals surface area contributed by atoms with Crippen LogP contribution >= 0.6 is 11.3 Å². The Morgan fingerprint density at radius 2 is 2.00 bits per heavy atom. The monoisotopic (exact) mass is 301 g/mol. The van der Waals surface area contributed by atoms with Gasteiger partial charge in [0.05, 0.1) is 10.2 Å². The molecule has 0 saturated carbocycles. The highest BCUT2D eigenvalue weighted by atomic mass is 32.1. The summed E-state index contributed by atoms with van der Waals surface area (Å²) in [6, 6.07) is 11.9. The highest BCUT2D eigenvalue weighted by Crippen LogP contribution is 2.29. The Kier molecular flexibility index (Phi) is 3.53. The molecule has 0 spiro atoms. The Balaban J connectivity index is 1.86. The lowest BCUT2D eigenvalue weighted by Crippen LogP contribution is -2.05. The first kappa shape index (κ1) is 13.5. The van der Waals surface area contributed by atoms with Gasteiger partial charge in [0.25, 0.3) is 0 Å². The van der Waals surface area contributed by atoms with Gasteiger partial charge in [0, 0.05) is 24.4 Å².